The van der Waals surface area contributed by atoms with Gasteiger partial charge in [0.05, 0.1) is 6.61 Å². The van der Waals surface area contributed by atoms with Crippen LogP contribution in [0.1, 0.15) is 32.3 Å². The quantitative estimate of drug-likeness (QED) is 0.845. The fourth-order valence-electron chi connectivity index (χ4n) is 2.81. The first kappa shape index (κ1) is 11.5. The molecule has 1 fully saturated rings. The minimum atomic E-state index is 0.347. The predicted octanol–water partition coefficient (Wildman–Crippen LogP) is 2.78. The standard InChI is InChI=1S/C14H21NO/c1-4-16-11-7-5-6-10(8-11)13-12(9-15)14(13,2)3/h5-8,12-13H,4,9,15H2,1-3H3/t12-,13-/m0/s1. The maximum Gasteiger partial charge on any atom is 0.119 e. The third-order valence-electron chi connectivity index (χ3n) is 3.83. The van der Waals surface area contributed by atoms with E-state index in [2.05, 4.69) is 32.0 Å². The van der Waals surface area contributed by atoms with E-state index < -0.39 is 0 Å². The molecule has 0 saturated heterocycles. The van der Waals surface area contributed by atoms with E-state index in [0.717, 1.165) is 18.9 Å². The summed E-state index contributed by atoms with van der Waals surface area (Å²) in [7, 11) is 0. The number of nitrogens with two attached hydrogens (primary N) is 1. The summed E-state index contributed by atoms with van der Waals surface area (Å²) in [6, 6.07) is 8.43. The second-order valence-corrected chi connectivity index (χ2v) is 5.15. The first-order valence-corrected chi connectivity index (χ1v) is 6.04. The zero-order chi connectivity index (χ0) is 11.8. The largest absolute Gasteiger partial charge is 0.494 e. The van der Waals surface area contributed by atoms with Crippen molar-refractivity contribution in [2.75, 3.05) is 13.2 Å². The van der Waals surface area contributed by atoms with Crippen molar-refractivity contribution >= 4 is 0 Å². The van der Waals surface area contributed by atoms with E-state index in [1.807, 2.05) is 13.0 Å². The normalized spacial score (nSPS) is 26.5. The molecule has 0 bridgehead atoms. The van der Waals surface area contributed by atoms with Gasteiger partial charge in [0.15, 0.2) is 0 Å². The zero-order valence-corrected chi connectivity index (χ0v) is 10.4. The highest BCUT2D eigenvalue weighted by atomic mass is 16.5. The molecule has 1 saturated carbocycles. The van der Waals surface area contributed by atoms with Crippen molar-refractivity contribution in [2.45, 2.75) is 26.7 Å². The summed E-state index contributed by atoms with van der Waals surface area (Å²) < 4.78 is 5.53. The highest BCUT2D eigenvalue weighted by Crippen LogP contribution is 2.63. The van der Waals surface area contributed by atoms with Gasteiger partial charge in [-0.25, -0.2) is 0 Å². The topological polar surface area (TPSA) is 35.2 Å². The maximum absolute atomic E-state index is 5.80. The van der Waals surface area contributed by atoms with E-state index in [9.17, 15) is 0 Å². The molecule has 88 valence electrons. The van der Waals surface area contributed by atoms with Crippen LogP contribution in [0.3, 0.4) is 0 Å². The average molecular weight is 219 g/mol. The van der Waals surface area contributed by atoms with Crippen molar-refractivity contribution in [1.29, 1.82) is 0 Å². The van der Waals surface area contributed by atoms with Gasteiger partial charge in [-0.3, -0.25) is 0 Å². The van der Waals surface area contributed by atoms with Crippen LogP contribution in [0.25, 0.3) is 0 Å². The van der Waals surface area contributed by atoms with Crippen LogP contribution in [-0.2, 0) is 0 Å². The summed E-state index contributed by atoms with van der Waals surface area (Å²) in [5.74, 6) is 2.18. The lowest BCUT2D eigenvalue weighted by atomic mass is 10.0. The molecule has 1 aromatic carbocycles. The van der Waals surface area contributed by atoms with E-state index in [1.54, 1.807) is 0 Å². The van der Waals surface area contributed by atoms with E-state index in [0.29, 0.717) is 17.3 Å². The molecule has 0 radical (unpaired) electrons. The average Bonchev–Trinajstić information content (AvgIpc) is 2.81. The number of rotatable bonds is 4. The van der Waals surface area contributed by atoms with E-state index in [4.69, 9.17) is 10.5 Å². The smallest absolute Gasteiger partial charge is 0.119 e. The molecular formula is C14H21NO. The molecule has 2 rings (SSSR count). The van der Waals surface area contributed by atoms with Gasteiger partial charge in [0.2, 0.25) is 0 Å². The van der Waals surface area contributed by atoms with E-state index in [-0.39, 0.29) is 0 Å². The third-order valence-corrected chi connectivity index (χ3v) is 3.83. The van der Waals surface area contributed by atoms with Crippen LogP contribution in [0.5, 0.6) is 5.75 Å². The molecule has 2 atom stereocenters. The molecule has 0 amide bonds. The van der Waals surface area contributed by atoms with Gasteiger partial charge < -0.3 is 10.5 Å². The summed E-state index contributed by atoms with van der Waals surface area (Å²) >= 11 is 0. The number of hydrogen-bond acceptors (Lipinski definition) is 2. The summed E-state index contributed by atoms with van der Waals surface area (Å²) in [6.07, 6.45) is 0. The Kier molecular flexibility index (Phi) is 2.94. The molecular weight excluding hydrogens is 198 g/mol. The lowest BCUT2D eigenvalue weighted by molar-refractivity contribution is 0.340. The van der Waals surface area contributed by atoms with Gasteiger partial charge in [0.25, 0.3) is 0 Å². The monoisotopic (exact) mass is 219 g/mol. The molecule has 0 aliphatic heterocycles. The van der Waals surface area contributed by atoms with Gasteiger partial charge >= 0.3 is 0 Å². The molecule has 1 aromatic rings. The molecule has 1 aliphatic rings. The zero-order valence-electron chi connectivity index (χ0n) is 10.4. The van der Waals surface area contributed by atoms with Crippen molar-refractivity contribution < 1.29 is 4.74 Å². The summed E-state index contributed by atoms with van der Waals surface area (Å²) in [4.78, 5) is 0. The van der Waals surface area contributed by atoms with Crippen molar-refractivity contribution in [3.05, 3.63) is 29.8 Å². The van der Waals surface area contributed by atoms with Crippen LogP contribution in [0.4, 0.5) is 0 Å². The second kappa shape index (κ2) is 4.10. The van der Waals surface area contributed by atoms with Gasteiger partial charge in [-0.15, -0.1) is 0 Å². The van der Waals surface area contributed by atoms with Crippen LogP contribution in [-0.4, -0.2) is 13.2 Å². The van der Waals surface area contributed by atoms with Gasteiger partial charge in [-0.2, -0.15) is 0 Å². The highest BCUT2D eigenvalue weighted by molar-refractivity contribution is 5.37. The fraction of sp³-hybridized carbons (Fsp3) is 0.571. The number of ether oxygens (including phenoxy) is 1. The van der Waals surface area contributed by atoms with Crippen LogP contribution in [0.2, 0.25) is 0 Å². The minimum absolute atomic E-state index is 0.347. The second-order valence-electron chi connectivity index (χ2n) is 5.15. The molecule has 0 unspecified atom stereocenters. The van der Waals surface area contributed by atoms with Crippen molar-refractivity contribution in [3.8, 4) is 5.75 Å². The molecule has 2 heteroatoms. The molecule has 0 spiro atoms. The Morgan fingerprint density at radius 1 is 1.38 bits per heavy atom. The summed E-state index contributed by atoms with van der Waals surface area (Å²) in [5, 5.41) is 0. The molecule has 16 heavy (non-hydrogen) atoms. The third kappa shape index (κ3) is 1.82. The molecule has 2 nitrogen and oxygen atoms in total. The maximum atomic E-state index is 5.80. The van der Waals surface area contributed by atoms with Crippen molar-refractivity contribution in [1.82, 2.24) is 0 Å². The van der Waals surface area contributed by atoms with Crippen LogP contribution in [0.15, 0.2) is 24.3 Å². The Labute approximate surface area is 97.8 Å². The van der Waals surface area contributed by atoms with Gasteiger partial charge in [-0.05, 0) is 48.4 Å². The lowest BCUT2D eigenvalue weighted by Gasteiger charge is -2.07. The predicted molar refractivity (Wildman–Crippen MR) is 66.7 cm³/mol. The van der Waals surface area contributed by atoms with Gasteiger partial charge in [-0.1, -0.05) is 26.0 Å². The van der Waals surface area contributed by atoms with Crippen molar-refractivity contribution in [2.24, 2.45) is 17.1 Å². The summed E-state index contributed by atoms with van der Waals surface area (Å²) in [6.45, 7) is 8.09. The Hall–Kier alpha value is -1.02. The minimum Gasteiger partial charge on any atom is -0.494 e. The summed E-state index contributed by atoms with van der Waals surface area (Å²) in [5.41, 5.74) is 7.52. The van der Waals surface area contributed by atoms with Gasteiger partial charge in [0, 0.05) is 0 Å². The molecule has 0 aromatic heterocycles. The molecule has 0 heterocycles. The van der Waals surface area contributed by atoms with E-state index in [1.165, 1.54) is 5.56 Å². The van der Waals surface area contributed by atoms with Crippen LogP contribution < -0.4 is 10.5 Å². The van der Waals surface area contributed by atoms with Crippen LogP contribution in [0, 0.1) is 11.3 Å². The van der Waals surface area contributed by atoms with E-state index >= 15 is 0 Å². The Morgan fingerprint density at radius 2 is 2.12 bits per heavy atom. The first-order valence-electron chi connectivity index (χ1n) is 6.04. The molecule has 2 N–H and O–H groups in total. The SMILES string of the molecule is CCOc1cccc([C@H]2[C@H](CN)C2(C)C)c1. The van der Waals surface area contributed by atoms with Crippen molar-refractivity contribution in [3.63, 3.8) is 0 Å². The van der Waals surface area contributed by atoms with Crippen LogP contribution >= 0.6 is 0 Å². The number of hydrogen-bond donors (Lipinski definition) is 1. The fourth-order valence-corrected chi connectivity index (χ4v) is 2.81. The Balaban J connectivity index is 2.19. The Morgan fingerprint density at radius 3 is 2.69 bits per heavy atom. The lowest BCUT2D eigenvalue weighted by Crippen LogP contribution is -2.05. The Bertz CT molecular complexity index is 373. The van der Waals surface area contributed by atoms with Gasteiger partial charge in [0.1, 0.15) is 5.75 Å². The highest BCUT2D eigenvalue weighted by Gasteiger charge is 2.57. The molecule has 1 aliphatic carbocycles. The first-order chi connectivity index (χ1) is 7.61. The number of benzene rings is 1.